The van der Waals surface area contributed by atoms with Crippen molar-refractivity contribution in [2.24, 2.45) is 0 Å². The molecule has 0 aliphatic rings. The highest BCUT2D eigenvalue weighted by molar-refractivity contribution is 14.1. The molecule has 0 radical (unpaired) electrons. The summed E-state index contributed by atoms with van der Waals surface area (Å²) in [7, 11) is -4.67. The molecule has 162 valence electrons. The highest BCUT2D eigenvalue weighted by Gasteiger charge is 2.20. The number of benzene rings is 2. The summed E-state index contributed by atoms with van der Waals surface area (Å²) in [5.74, 6) is -1.66. The van der Waals surface area contributed by atoms with Crippen LogP contribution in [0.15, 0.2) is 29.2 Å². The number of hydrogen-bond donors (Lipinski definition) is 0. The first-order valence-electron chi connectivity index (χ1n) is 8.44. The van der Waals surface area contributed by atoms with Gasteiger partial charge in [-0.3, -0.25) is 0 Å². The van der Waals surface area contributed by atoms with E-state index in [2.05, 4.69) is 22.6 Å². The van der Waals surface area contributed by atoms with Crippen LogP contribution in [-0.4, -0.2) is 31.5 Å². The number of aryl methyl sites for hydroxylation is 1. The SMILES string of the molecule is Cc1cc(S(=O)(=O)[O-])c(C(C)C)cc1OC(=O)COC(=O)c1c(I)cc(I)cc1I. The molecule has 0 aliphatic heterocycles. The second kappa shape index (κ2) is 10.4. The largest absolute Gasteiger partial charge is 0.744 e. The van der Waals surface area contributed by atoms with Gasteiger partial charge in [-0.25, -0.2) is 18.0 Å². The molecule has 2 rings (SSSR count). The summed E-state index contributed by atoms with van der Waals surface area (Å²) in [6.07, 6.45) is 0. The topological polar surface area (TPSA) is 110 Å². The molecule has 0 atom stereocenters. The molecule has 2 aromatic rings. The Morgan fingerprint density at radius 3 is 2.13 bits per heavy atom. The van der Waals surface area contributed by atoms with Crippen molar-refractivity contribution in [3.63, 3.8) is 0 Å². The first-order chi connectivity index (χ1) is 13.8. The molecule has 0 aromatic heterocycles. The molecule has 0 unspecified atom stereocenters. The number of esters is 2. The van der Waals surface area contributed by atoms with Crippen LogP contribution in [0.2, 0.25) is 0 Å². The van der Waals surface area contributed by atoms with Crippen LogP contribution in [0.3, 0.4) is 0 Å². The molecule has 0 saturated carbocycles. The van der Waals surface area contributed by atoms with Crippen molar-refractivity contribution in [1.82, 2.24) is 0 Å². The van der Waals surface area contributed by atoms with Crippen LogP contribution in [0.1, 0.15) is 41.3 Å². The quantitative estimate of drug-likeness (QED) is 0.183. The molecule has 0 bridgehead atoms. The Hall–Kier alpha value is -0.520. The maximum absolute atomic E-state index is 12.4. The zero-order chi connectivity index (χ0) is 22.8. The molecule has 0 amide bonds. The molecule has 0 aliphatic carbocycles. The fourth-order valence-corrected chi connectivity index (χ4v) is 7.47. The third-order valence-electron chi connectivity index (χ3n) is 3.95. The van der Waals surface area contributed by atoms with Crippen molar-refractivity contribution in [2.75, 3.05) is 6.61 Å². The lowest BCUT2D eigenvalue weighted by atomic mass is 10.0. The van der Waals surface area contributed by atoms with E-state index in [1.807, 2.05) is 57.3 Å². The fourth-order valence-electron chi connectivity index (χ4n) is 2.54. The predicted molar refractivity (Wildman–Crippen MR) is 134 cm³/mol. The highest BCUT2D eigenvalue weighted by Crippen LogP contribution is 2.31. The van der Waals surface area contributed by atoms with Crippen LogP contribution in [0.4, 0.5) is 0 Å². The number of rotatable bonds is 6. The molecular formula is C19H16I3O7S-. The van der Waals surface area contributed by atoms with Gasteiger partial charge >= 0.3 is 11.9 Å². The molecular weight excluding hydrogens is 753 g/mol. The second-order valence-electron chi connectivity index (χ2n) is 6.56. The van der Waals surface area contributed by atoms with E-state index < -0.39 is 28.7 Å². The van der Waals surface area contributed by atoms with E-state index in [-0.39, 0.29) is 22.1 Å². The summed E-state index contributed by atoms with van der Waals surface area (Å²) in [4.78, 5) is 24.2. The smallest absolute Gasteiger partial charge is 0.349 e. The van der Waals surface area contributed by atoms with Crippen LogP contribution >= 0.6 is 67.8 Å². The number of carbonyl (C=O) groups is 2. The van der Waals surface area contributed by atoms with Gasteiger partial charge in [0.25, 0.3) is 0 Å². The maximum atomic E-state index is 12.4. The van der Waals surface area contributed by atoms with Gasteiger partial charge in [0.1, 0.15) is 15.9 Å². The third kappa shape index (κ3) is 6.49. The van der Waals surface area contributed by atoms with Gasteiger partial charge in [-0.1, -0.05) is 13.8 Å². The molecule has 7 nitrogen and oxygen atoms in total. The highest BCUT2D eigenvalue weighted by atomic mass is 127. The van der Waals surface area contributed by atoms with E-state index in [4.69, 9.17) is 9.47 Å². The van der Waals surface area contributed by atoms with Crippen molar-refractivity contribution in [1.29, 1.82) is 0 Å². The molecule has 0 saturated heterocycles. The Kier molecular flexibility index (Phi) is 8.92. The van der Waals surface area contributed by atoms with Gasteiger partial charge in [-0.05, 0) is 116 Å². The van der Waals surface area contributed by atoms with Crippen LogP contribution < -0.4 is 4.74 Å². The van der Waals surface area contributed by atoms with Gasteiger partial charge in [0, 0.05) is 10.7 Å². The summed E-state index contributed by atoms with van der Waals surface area (Å²) in [6, 6.07) is 6.18. The minimum Gasteiger partial charge on any atom is -0.744 e. The van der Waals surface area contributed by atoms with E-state index in [1.165, 1.54) is 19.1 Å². The lowest BCUT2D eigenvalue weighted by Gasteiger charge is -2.18. The van der Waals surface area contributed by atoms with Gasteiger partial charge in [-0.15, -0.1) is 0 Å². The molecule has 2 aromatic carbocycles. The normalized spacial score (nSPS) is 11.5. The maximum Gasteiger partial charge on any atom is 0.349 e. The zero-order valence-corrected chi connectivity index (χ0v) is 23.3. The Bertz CT molecular complexity index is 1090. The number of halogens is 3. The fraction of sp³-hybridized carbons (Fsp3) is 0.263. The molecule has 0 fully saturated rings. The van der Waals surface area contributed by atoms with Crippen LogP contribution in [0.25, 0.3) is 0 Å². The monoisotopic (exact) mass is 769 g/mol. The summed E-state index contributed by atoms with van der Waals surface area (Å²) >= 11 is 6.19. The first-order valence-corrected chi connectivity index (χ1v) is 13.1. The standard InChI is InChI=1S/C19H17I3O7S/c1-9(2)12-7-15(10(3)4-16(12)30(25,26)27)29-17(23)8-28-19(24)18-13(21)5-11(20)6-14(18)22/h4-7,9H,8H2,1-3H3,(H,25,26,27)/p-1. The van der Waals surface area contributed by atoms with Gasteiger partial charge in [-0.2, -0.15) is 0 Å². The Morgan fingerprint density at radius 2 is 1.63 bits per heavy atom. The lowest BCUT2D eigenvalue weighted by molar-refractivity contribution is -0.137. The summed E-state index contributed by atoms with van der Waals surface area (Å²) < 4.78 is 47.2. The lowest BCUT2D eigenvalue weighted by Crippen LogP contribution is -2.20. The van der Waals surface area contributed by atoms with Gasteiger partial charge in [0.2, 0.25) is 0 Å². The predicted octanol–water partition coefficient (Wildman–Crippen LogP) is 4.60. The number of ether oxygens (including phenoxy) is 2. The number of hydrogen-bond acceptors (Lipinski definition) is 7. The zero-order valence-electron chi connectivity index (χ0n) is 16.0. The summed E-state index contributed by atoms with van der Waals surface area (Å²) in [5, 5.41) is 0. The van der Waals surface area contributed by atoms with Crippen molar-refractivity contribution in [2.45, 2.75) is 31.6 Å². The molecule has 0 spiro atoms. The van der Waals surface area contributed by atoms with Crippen molar-refractivity contribution >= 4 is 89.8 Å². The Balaban J connectivity index is 2.17. The van der Waals surface area contributed by atoms with Crippen molar-refractivity contribution < 1.29 is 32.0 Å². The molecule has 30 heavy (non-hydrogen) atoms. The average molecular weight is 769 g/mol. The summed E-state index contributed by atoms with van der Waals surface area (Å²) in [6.45, 7) is 4.34. The van der Waals surface area contributed by atoms with Crippen molar-refractivity contribution in [3.8, 4) is 5.75 Å². The Labute approximate surface area is 215 Å². The number of carbonyl (C=O) groups excluding carboxylic acids is 2. The van der Waals surface area contributed by atoms with E-state index in [0.717, 1.165) is 3.57 Å². The second-order valence-corrected chi connectivity index (χ2v) is 11.5. The van der Waals surface area contributed by atoms with Crippen LogP contribution in [0.5, 0.6) is 5.75 Å². The van der Waals surface area contributed by atoms with E-state index in [9.17, 15) is 22.6 Å². The van der Waals surface area contributed by atoms with E-state index in [0.29, 0.717) is 18.3 Å². The van der Waals surface area contributed by atoms with E-state index in [1.54, 1.807) is 13.8 Å². The van der Waals surface area contributed by atoms with Crippen molar-refractivity contribution in [3.05, 3.63) is 51.7 Å². The molecule has 11 heteroatoms. The van der Waals surface area contributed by atoms with Gasteiger partial charge in [0.05, 0.1) is 10.5 Å². The van der Waals surface area contributed by atoms with E-state index >= 15 is 0 Å². The van der Waals surface area contributed by atoms with Crippen LogP contribution in [-0.2, 0) is 19.6 Å². The first kappa shape index (κ1) is 25.7. The van der Waals surface area contributed by atoms with Gasteiger partial charge in [0.15, 0.2) is 6.61 Å². The molecule has 0 N–H and O–H groups in total. The Morgan fingerprint density at radius 1 is 1.07 bits per heavy atom. The summed E-state index contributed by atoms with van der Waals surface area (Å²) in [5.41, 5.74) is 0.918. The average Bonchev–Trinajstić information content (AvgIpc) is 2.59. The minimum absolute atomic E-state index is 0.102. The minimum atomic E-state index is -4.67. The van der Waals surface area contributed by atoms with Crippen LogP contribution in [0, 0.1) is 17.6 Å². The molecule has 0 heterocycles. The third-order valence-corrected chi connectivity index (χ3v) is 7.17. The van der Waals surface area contributed by atoms with Gasteiger partial charge < -0.3 is 14.0 Å².